The molecule has 86 valence electrons. The number of nitrogens with two attached hydrogens (primary N) is 1. The van der Waals surface area contributed by atoms with Crippen LogP contribution in [0.25, 0.3) is 0 Å². The number of hydrazine groups is 1. The van der Waals surface area contributed by atoms with Crippen LogP contribution in [0.5, 0.6) is 0 Å². The average molecular weight is 202 g/mol. The summed E-state index contributed by atoms with van der Waals surface area (Å²) in [5.41, 5.74) is 2.82. The topological polar surface area (TPSA) is 47.3 Å². The van der Waals surface area contributed by atoms with Gasteiger partial charge < -0.3 is 4.74 Å². The molecule has 0 rings (SSSR count). The summed E-state index contributed by atoms with van der Waals surface area (Å²) in [7, 11) is 1.72. The predicted octanol–water partition coefficient (Wildman–Crippen LogP) is 2.07. The molecule has 2 atom stereocenters. The molecule has 0 aromatic carbocycles. The van der Waals surface area contributed by atoms with Gasteiger partial charge in [-0.1, -0.05) is 39.5 Å². The van der Waals surface area contributed by atoms with Gasteiger partial charge in [0.05, 0.1) is 6.61 Å². The molecule has 14 heavy (non-hydrogen) atoms. The second-order valence-corrected chi connectivity index (χ2v) is 3.97. The number of methoxy groups -OCH3 is 1. The van der Waals surface area contributed by atoms with E-state index in [1.54, 1.807) is 7.11 Å². The van der Waals surface area contributed by atoms with Gasteiger partial charge in [0, 0.05) is 13.2 Å². The van der Waals surface area contributed by atoms with E-state index in [4.69, 9.17) is 10.6 Å². The highest BCUT2D eigenvalue weighted by Gasteiger charge is 2.13. The van der Waals surface area contributed by atoms with Gasteiger partial charge in [-0.25, -0.2) is 0 Å². The molecule has 0 saturated carbocycles. The molecule has 0 aromatic rings. The van der Waals surface area contributed by atoms with E-state index in [0.29, 0.717) is 12.6 Å². The normalized spacial score (nSPS) is 15.4. The molecule has 0 spiro atoms. The highest BCUT2D eigenvalue weighted by Crippen LogP contribution is 2.18. The molecular weight excluding hydrogens is 176 g/mol. The van der Waals surface area contributed by atoms with Gasteiger partial charge in [0.2, 0.25) is 0 Å². The first-order chi connectivity index (χ1) is 6.78. The molecule has 0 radical (unpaired) electrons. The first-order valence-electron chi connectivity index (χ1n) is 5.73. The van der Waals surface area contributed by atoms with Crippen LogP contribution in [-0.4, -0.2) is 19.8 Å². The summed E-state index contributed by atoms with van der Waals surface area (Å²) >= 11 is 0. The molecule has 3 heteroatoms. The maximum absolute atomic E-state index is 5.46. The summed E-state index contributed by atoms with van der Waals surface area (Å²) in [6.45, 7) is 5.19. The van der Waals surface area contributed by atoms with Crippen LogP contribution in [0.4, 0.5) is 0 Å². The van der Waals surface area contributed by atoms with E-state index in [2.05, 4.69) is 19.3 Å². The van der Waals surface area contributed by atoms with Gasteiger partial charge in [-0.15, -0.1) is 0 Å². The van der Waals surface area contributed by atoms with Crippen molar-refractivity contribution in [3.63, 3.8) is 0 Å². The Morgan fingerprint density at radius 1 is 1.36 bits per heavy atom. The zero-order chi connectivity index (χ0) is 10.8. The van der Waals surface area contributed by atoms with E-state index < -0.39 is 0 Å². The Bertz CT molecular complexity index is 120. The summed E-state index contributed by atoms with van der Waals surface area (Å²) in [6.07, 6.45) is 6.28. The molecule has 0 aliphatic carbocycles. The van der Waals surface area contributed by atoms with Crippen molar-refractivity contribution in [2.75, 3.05) is 13.7 Å². The van der Waals surface area contributed by atoms with Crippen LogP contribution in [0.15, 0.2) is 0 Å². The van der Waals surface area contributed by atoms with Gasteiger partial charge in [0.25, 0.3) is 0 Å². The zero-order valence-electron chi connectivity index (χ0n) is 9.88. The molecule has 0 aromatic heterocycles. The summed E-state index contributed by atoms with van der Waals surface area (Å²) < 4.78 is 5.10. The Hall–Kier alpha value is -0.120. The van der Waals surface area contributed by atoms with Crippen LogP contribution >= 0.6 is 0 Å². The van der Waals surface area contributed by atoms with Crippen LogP contribution in [0.2, 0.25) is 0 Å². The number of rotatable bonds is 9. The first-order valence-corrected chi connectivity index (χ1v) is 5.73. The van der Waals surface area contributed by atoms with Crippen molar-refractivity contribution in [3.05, 3.63) is 0 Å². The highest BCUT2D eigenvalue weighted by molar-refractivity contribution is 4.68. The van der Waals surface area contributed by atoms with E-state index in [1.807, 2.05) is 0 Å². The third-order valence-corrected chi connectivity index (χ3v) is 2.76. The molecule has 0 aliphatic rings. The van der Waals surface area contributed by atoms with E-state index >= 15 is 0 Å². The van der Waals surface area contributed by atoms with Crippen molar-refractivity contribution >= 4 is 0 Å². The Morgan fingerprint density at radius 2 is 2.07 bits per heavy atom. The lowest BCUT2D eigenvalue weighted by molar-refractivity contribution is 0.152. The van der Waals surface area contributed by atoms with Crippen LogP contribution in [0.3, 0.4) is 0 Å². The molecular formula is C11H26N2O. The molecule has 0 aliphatic heterocycles. The smallest absolute Gasteiger partial charge is 0.0629 e. The number of ether oxygens (including phenoxy) is 1. The number of hydrogen-bond donors (Lipinski definition) is 2. The SMILES string of the molecule is CCCCC(CC)CC(COC)NN. The quantitative estimate of drug-likeness (QED) is 0.444. The van der Waals surface area contributed by atoms with Crippen molar-refractivity contribution < 1.29 is 4.74 Å². The van der Waals surface area contributed by atoms with Crippen LogP contribution in [-0.2, 0) is 4.74 Å². The molecule has 3 nitrogen and oxygen atoms in total. The van der Waals surface area contributed by atoms with Crippen molar-refractivity contribution in [1.29, 1.82) is 0 Å². The first kappa shape index (κ1) is 13.9. The summed E-state index contributed by atoms with van der Waals surface area (Å²) in [4.78, 5) is 0. The van der Waals surface area contributed by atoms with Crippen LogP contribution in [0, 0.1) is 5.92 Å². The molecule has 0 fully saturated rings. The van der Waals surface area contributed by atoms with Gasteiger partial charge >= 0.3 is 0 Å². The van der Waals surface area contributed by atoms with Crippen molar-refractivity contribution in [2.45, 2.75) is 52.0 Å². The van der Waals surface area contributed by atoms with Gasteiger partial charge in [-0.05, 0) is 12.3 Å². The third kappa shape index (κ3) is 6.35. The lowest BCUT2D eigenvalue weighted by atomic mass is 9.92. The van der Waals surface area contributed by atoms with Crippen molar-refractivity contribution in [1.82, 2.24) is 5.43 Å². The highest BCUT2D eigenvalue weighted by atomic mass is 16.5. The Kier molecular flexibility index (Phi) is 9.35. The monoisotopic (exact) mass is 202 g/mol. The summed E-state index contributed by atoms with van der Waals surface area (Å²) in [5, 5.41) is 0. The van der Waals surface area contributed by atoms with E-state index in [0.717, 1.165) is 12.3 Å². The van der Waals surface area contributed by atoms with Crippen LogP contribution < -0.4 is 11.3 Å². The third-order valence-electron chi connectivity index (χ3n) is 2.76. The fourth-order valence-electron chi connectivity index (χ4n) is 1.77. The lowest BCUT2D eigenvalue weighted by Crippen LogP contribution is -2.39. The van der Waals surface area contributed by atoms with Gasteiger partial charge in [0.1, 0.15) is 0 Å². The summed E-state index contributed by atoms with van der Waals surface area (Å²) in [5.74, 6) is 6.24. The molecule has 0 bridgehead atoms. The fraction of sp³-hybridized carbons (Fsp3) is 1.00. The van der Waals surface area contributed by atoms with Crippen LogP contribution in [0.1, 0.15) is 46.0 Å². The minimum Gasteiger partial charge on any atom is -0.383 e. The number of nitrogens with one attached hydrogen (secondary N) is 1. The molecule has 2 unspecified atom stereocenters. The maximum Gasteiger partial charge on any atom is 0.0629 e. The van der Waals surface area contributed by atoms with Crippen molar-refractivity contribution in [3.8, 4) is 0 Å². The predicted molar refractivity (Wildman–Crippen MR) is 60.9 cm³/mol. The van der Waals surface area contributed by atoms with E-state index in [9.17, 15) is 0 Å². The Balaban J connectivity index is 3.75. The second kappa shape index (κ2) is 9.44. The maximum atomic E-state index is 5.46. The second-order valence-electron chi connectivity index (χ2n) is 3.97. The van der Waals surface area contributed by atoms with Crippen molar-refractivity contribution in [2.24, 2.45) is 11.8 Å². The molecule has 3 N–H and O–H groups in total. The zero-order valence-corrected chi connectivity index (χ0v) is 9.88. The van der Waals surface area contributed by atoms with E-state index in [-0.39, 0.29) is 0 Å². The summed E-state index contributed by atoms with van der Waals surface area (Å²) in [6, 6.07) is 0.307. The average Bonchev–Trinajstić information content (AvgIpc) is 2.22. The van der Waals surface area contributed by atoms with E-state index in [1.165, 1.54) is 25.7 Å². The van der Waals surface area contributed by atoms with Gasteiger partial charge in [-0.3, -0.25) is 11.3 Å². The van der Waals surface area contributed by atoms with Gasteiger partial charge in [-0.2, -0.15) is 0 Å². The van der Waals surface area contributed by atoms with Gasteiger partial charge in [0.15, 0.2) is 0 Å². The fourth-order valence-corrected chi connectivity index (χ4v) is 1.77. The minimum atomic E-state index is 0.307. The Morgan fingerprint density at radius 3 is 2.50 bits per heavy atom. The molecule has 0 saturated heterocycles. The Labute approximate surface area is 88.4 Å². The molecule has 0 amide bonds. The lowest BCUT2D eigenvalue weighted by Gasteiger charge is -2.21. The molecule has 0 heterocycles. The number of unbranched alkanes of at least 4 members (excludes halogenated alkanes) is 1. The minimum absolute atomic E-state index is 0.307. The largest absolute Gasteiger partial charge is 0.383 e. The standard InChI is InChI=1S/C11H26N2O/c1-4-6-7-10(5-2)8-11(13-12)9-14-3/h10-11,13H,4-9,12H2,1-3H3. The number of hydrogen-bond acceptors (Lipinski definition) is 3.